The van der Waals surface area contributed by atoms with Gasteiger partial charge in [0.25, 0.3) is 0 Å². The van der Waals surface area contributed by atoms with Crippen LogP contribution < -0.4 is 5.32 Å². The molecule has 0 saturated heterocycles. The number of rotatable bonds is 12. The van der Waals surface area contributed by atoms with E-state index in [9.17, 15) is 42.8 Å². The lowest BCUT2D eigenvalue weighted by Crippen LogP contribution is -2.45. The zero-order valence-electron chi connectivity index (χ0n) is 20.7. The van der Waals surface area contributed by atoms with Crippen molar-refractivity contribution in [2.75, 3.05) is 19.7 Å². The maximum atomic E-state index is 13.6. The highest BCUT2D eigenvalue weighted by Crippen LogP contribution is 2.45. The maximum absolute atomic E-state index is 13.6. The number of phosphoric ester groups is 1. The third-order valence-electron chi connectivity index (χ3n) is 6.40. The Kier molecular flexibility index (Phi) is 10.7. The van der Waals surface area contributed by atoms with E-state index in [2.05, 4.69) is 5.32 Å². The van der Waals surface area contributed by atoms with Crippen molar-refractivity contribution in [1.29, 1.82) is 0 Å². The molecule has 3 aromatic rings. The number of phosphoric acid groups is 1. The SMILES string of the molecule is CCCCNCC(C(O)c1cc2c(Cl)cc(Cl)cc2c2cc(C(F)(F)F)ccc12)C(OP(=O)(O)O)C(O)CO. The molecule has 3 rings (SSSR count). The number of unbranched alkanes of at least 4 members (excludes halogenated alkanes) is 1. The molecule has 4 unspecified atom stereocenters. The van der Waals surface area contributed by atoms with Crippen molar-refractivity contribution >= 4 is 52.6 Å². The summed E-state index contributed by atoms with van der Waals surface area (Å²) in [5.74, 6) is -1.27. The van der Waals surface area contributed by atoms with Crippen molar-refractivity contribution in [3.8, 4) is 0 Å². The van der Waals surface area contributed by atoms with Gasteiger partial charge < -0.3 is 30.4 Å². The van der Waals surface area contributed by atoms with E-state index in [0.29, 0.717) is 11.9 Å². The summed E-state index contributed by atoms with van der Waals surface area (Å²) >= 11 is 12.5. The molecule has 0 spiro atoms. The molecule has 0 bridgehead atoms. The number of hydrogen-bond donors (Lipinski definition) is 6. The van der Waals surface area contributed by atoms with Crippen LogP contribution in [0.25, 0.3) is 21.5 Å². The van der Waals surface area contributed by atoms with Gasteiger partial charge in [0, 0.05) is 27.9 Å². The minimum Gasteiger partial charge on any atom is -0.394 e. The molecule has 0 amide bonds. The van der Waals surface area contributed by atoms with Crippen molar-refractivity contribution < 1.29 is 47.4 Å². The lowest BCUT2D eigenvalue weighted by atomic mass is 9.84. The number of aliphatic hydroxyl groups is 3. The maximum Gasteiger partial charge on any atom is 0.469 e. The zero-order valence-corrected chi connectivity index (χ0v) is 23.1. The highest BCUT2D eigenvalue weighted by atomic mass is 35.5. The summed E-state index contributed by atoms with van der Waals surface area (Å²) in [6.07, 6.45) is -8.34. The van der Waals surface area contributed by atoms with Crippen molar-refractivity contribution in [3.05, 3.63) is 57.6 Å². The van der Waals surface area contributed by atoms with Gasteiger partial charge in [-0.15, -0.1) is 0 Å². The molecule has 0 heterocycles. The predicted molar refractivity (Wildman–Crippen MR) is 143 cm³/mol. The molecular weight excluding hydrogens is 585 g/mol. The van der Waals surface area contributed by atoms with Crippen molar-refractivity contribution in [1.82, 2.24) is 5.32 Å². The Hall–Kier alpha value is -1.50. The Labute approximate surface area is 232 Å². The largest absolute Gasteiger partial charge is 0.469 e. The van der Waals surface area contributed by atoms with Crippen LogP contribution in [0, 0.1) is 5.92 Å². The Balaban J connectivity index is 2.27. The van der Waals surface area contributed by atoms with E-state index in [0.717, 1.165) is 25.0 Å². The monoisotopic (exact) mass is 613 g/mol. The molecule has 0 aliphatic carbocycles. The van der Waals surface area contributed by atoms with E-state index in [1.165, 1.54) is 24.3 Å². The molecule has 0 fully saturated rings. The molecule has 3 aromatic carbocycles. The Morgan fingerprint density at radius 3 is 2.28 bits per heavy atom. The van der Waals surface area contributed by atoms with E-state index in [1.54, 1.807) is 0 Å². The first-order chi connectivity index (χ1) is 18.2. The normalized spacial score (nSPS) is 16.0. The van der Waals surface area contributed by atoms with E-state index in [1.807, 2.05) is 6.92 Å². The smallest absolute Gasteiger partial charge is 0.394 e. The third kappa shape index (κ3) is 7.83. The fraction of sp³-hybridized carbons (Fsp3) is 0.440. The topological polar surface area (TPSA) is 139 Å². The second kappa shape index (κ2) is 13.0. The summed E-state index contributed by atoms with van der Waals surface area (Å²) in [7, 11) is -5.22. The number of alkyl halides is 3. The molecule has 4 atom stereocenters. The molecule has 6 N–H and O–H groups in total. The summed E-state index contributed by atoms with van der Waals surface area (Å²) < 4.78 is 57.4. The van der Waals surface area contributed by atoms with Crippen LogP contribution in [0.3, 0.4) is 0 Å². The van der Waals surface area contributed by atoms with Gasteiger partial charge in [-0.3, -0.25) is 4.52 Å². The number of nitrogens with one attached hydrogen (secondary N) is 1. The minimum atomic E-state index is -5.22. The minimum absolute atomic E-state index is 0.0715. The van der Waals surface area contributed by atoms with Crippen LogP contribution in [0.1, 0.15) is 37.0 Å². The molecule has 0 aliphatic heterocycles. The van der Waals surface area contributed by atoms with Crippen LogP contribution in [0.5, 0.6) is 0 Å². The number of hydrogen-bond acceptors (Lipinski definition) is 6. The third-order valence-corrected chi connectivity index (χ3v) is 7.45. The van der Waals surface area contributed by atoms with Crippen molar-refractivity contribution in [3.63, 3.8) is 0 Å². The standard InChI is InChI=1S/C25H29Cl2F3NO7P/c1-2-3-6-31-11-20(24(22(33)12-32)38-39(35,36)37)23(34)19-10-18-17(8-14(26)9-21(18)27)16-7-13(25(28,29)30)4-5-15(16)19/h4-5,7-10,20,22-24,31-34H,2-3,6,11-12H2,1H3,(H2,35,36,37). The molecule has 39 heavy (non-hydrogen) atoms. The summed E-state index contributed by atoms with van der Waals surface area (Å²) in [6, 6.07) is 7.21. The van der Waals surface area contributed by atoms with Crippen LogP contribution in [0.4, 0.5) is 13.2 Å². The van der Waals surface area contributed by atoms with Gasteiger partial charge in [-0.2, -0.15) is 13.2 Å². The molecule has 8 nitrogen and oxygen atoms in total. The summed E-state index contributed by atoms with van der Waals surface area (Å²) in [5.41, 5.74) is -0.877. The van der Waals surface area contributed by atoms with Gasteiger partial charge in [-0.1, -0.05) is 42.6 Å². The Morgan fingerprint density at radius 1 is 1.03 bits per heavy atom. The van der Waals surface area contributed by atoms with Crippen LogP contribution in [-0.2, 0) is 15.3 Å². The second-order valence-electron chi connectivity index (χ2n) is 9.18. The zero-order chi connectivity index (χ0) is 29.1. The molecule has 14 heteroatoms. The predicted octanol–water partition coefficient (Wildman–Crippen LogP) is 5.19. The van der Waals surface area contributed by atoms with Crippen LogP contribution >= 0.6 is 31.0 Å². The number of benzene rings is 3. The van der Waals surface area contributed by atoms with E-state index in [-0.39, 0.29) is 38.3 Å². The van der Waals surface area contributed by atoms with Crippen molar-refractivity contribution in [2.24, 2.45) is 5.92 Å². The number of halogens is 5. The fourth-order valence-corrected chi connectivity index (χ4v) is 5.69. The van der Waals surface area contributed by atoms with E-state index >= 15 is 0 Å². The lowest BCUT2D eigenvalue weighted by Gasteiger charge is -2.34. The molecule has 0 saturated carbocycles. The summed E-state index contributed by atoms with van der Waals surface area (Å²) in [5, 5.41) is 35.8. The first kappa shape index (κ1) is 32.0. The quantitative estimate of drug-likeness (QED) is 0.0932. The fourth-order valence-electron chi connectivity index (χ4n) is 4.53. The van der Waals surface area contributed by atoms with Crippen LogP contribution in [0.2, 0.25) is 10.0 Å². The highest BCUT2D eigenvalue weighted by molar-refractivity contribution is 7.46. The van der Waals surface area contributed by atoms with Gasteiger partial charge in [0.15, 0.2) is 0 Å². The average molecular weight is 614 g/mol. The molecule has 0 radical (unpaired) electrons. The van der Waals surface area contributed by atoms with Gasteiger partial charge >= 0.3 is 14.0 Å². The Morgan fingerprint density at radius 2 is 1.69 bits per heavy atom. The summed E-state index contributed by atoms with van der Waals surface area (Å²) in [6.45, 7) is 1.32. The van der Waals surface area contributed by atoms with Gasteiger partial charge in [0.2, 0.25) is 0 Å². The second-order valence-corrected chi connectivity index (χ2v) is 11.2. The Bertz CT molecular complexity index is 1350. The average Bonchev–Trinajstić information content (AvgIpc) is 2.85. The first-order valence-electron chi connectivity index (χ1n) is 12.0. The summed E-state index contributed by atoms with van der Waals surface area (Å²) in [4.78, 5) is 19.0. The molecule has 216 valence electrons. The number of fused-ring (bicyclic) bond motifs is 3. The van der Waals surface area contributed by atoms with Gasteiger partial charge in [0.1, 0.15) is 12.2 Å². The van der Waals surface area contributed by atoms with Gasteiger partial charge in [-0.25, -0.2) is 4.57 Å². The molecular formula is C25H29Cl2F3NO7P. The van der Waals surface area contributed by atoms with E-state index < -0.39 is 50.4 Å². The molecule has 0 aliphatic rings. The van der Waals surface area contributed by atoms with Gasteiger partial charge in [-0.05, 0) is 65.0 Å². The van der Waals surface area contributed by atoms with Crippen molar-refractivity contribution in [2.45, 2.75) is 44.3 Å². The highest BCUT2D eigenvalue weighted by Gasteiger charge is 2.40. The van der Waals surface area contributed by atoms with Crippen LogP contribution in [-0.4, -0.2) is 57.0 Å². The van der Waals surface area contributed by atoms with Crippen LogP contribution in [0.15, 0.2) is 36.4 Å². The first-order valence-corrected chi connectivity index (χ1v) is 14.3. The lowest BCUT2D eigenvalue weighted by molar-refractivity contribution is -0.137. The van der Waals surface area contributed by atoms with Gasteiger partial charge in [0.05, 0.1) is 18.3 Å². The molecule has 0 aromatic heterocycles. The number of aliphatic hydroxyl groups excluding tert-OH is 3. The van der Waals surface area contributed by atoms with E-state index in [4.69, 9.17) is 27.7 Å².